The number of para-hydroxylation sites is 1. The van der Waals surface area contributed by atoms with Gasteiger partial charge in [-0.3, -0.25) is 0 Å². The van der Waals surface area contributed by atoms with E-state index in [1.807, 2.05) is 30.3 Å². The first kappa shape index (κ1) is 17.9. The summed E-state index contributed by atoms with van der Waals surface area (Å²) < 4.78 is 16.5. The number of unbranched alkanes of at least 4 members (excludes halogenated alkanes) is 2. The van der Waals surface area contributed by atoms with Gasteiger partial charge in [-0.25, -0.2) is 4.79 Å². The molecule has 0 radical (unpaired) electrons. The van der Waals surface area contributed by atoms with Crippen molar-refractivity contribution >= 4 is 5.97 Å². The highest BCUT2D eigenvalue weighted by molar-refractivity contribution is 5.89. The second-order valence-corrected chi connectivity index (χ2v) is 5.48. The standard InChI is InChI=1S/C20H24O4/c1-3-4-8-15-22-18-13-11-17(12-14-18)20(21)24-16(2)23-19-9-6-5-7-10-19/h5-7,9-14,16H,3-4,8,15H2,1-2H3. The van der Waals surface area contributed by atoms with Gasteiger partial charge in [-0.15, -0.1) is 0 Å². The summed E-state index contributed by atoms with van der Waals surface area (Å²) in [6, 6.07) is 16.2. The van der Waals surface area contributed by atoms with Crippen LogP contribution in [0.2, 0.25) is 0 Å². The fourth-order valence-electron chi connectivity index (χ4n) is 2.16. The minimum atomic E-state index is -0.662. The fraction of sp³-hybridized carbons (Fsp3) is 0.350. The van der Waals surface area contributed by atoms with Crippen molar-refractivity contribution in [1.29, 1.82) is 0 Å². The molecule has 0 spiro atoms. The first-order chi connectivity index (χ1) is 11.7. The largest absolute Gasteiger partial charge is 0.494 e. The van der Waals surface area contributed by atoms with Crippen LogP contribution >= 0.6 is 0 Å². The summed E-state index contributed by atoms with van der Waals surface area (Å²) in [5, 5.41) is 0. The summed E-state index contributed by atoms with van der Waals surface area (Å²) in [7, 11) is 0. The van der Waals surface area contributed by atoms with Gasteiger partial charge in [-0.1, -0.05) is 38.0 Å². The Morgan fingerprint density at radius 1 is 0.958 bits per heavy atom. The first-order valence-corrected chi connectivity index (χ1v) is 8.34. The van der Waals surface area contributed by atoms with E-state index in [2.05, 4.69) is 6.92 Å². The maximum atomic E-state index is 12.1. The zero-order valence-electron chi connectivity index (χ0n) is 14.2. The van der Waals surface area contributed by atoms with Crippen LogP contribution in [-0.2, 0) is 4.74 Å². The van der Waals surface area contributed by atoms with E-state index in [-0.39, 0.29) is 0 Å². The maximum absolute atomic E-state index is 12.1. The van der Waals surface area contributed by atoms with Crippen molar-refractivity contribution in [2.75, 3.05) is 6.61 Å². The van der Waals surface area contributed by atoms with Crippen LogP contribution in [0.1, 0.15) is 43.5 Å². The topological polar surface area (TPSA) is 44.8 Å². The van der Waals surface area contributed by atoms with Crippen LogP contribution in [0.4, 0.5) is 0 Å². The van der Waals surface area contributed by atoms with Crippen LogP contribution in [0.3, 0.4) is 0 Å². The van der Waals surface area contributed by atoms with Crippen molar-refractivity contribution < 1.29 is 19.0 Å². The predicted molar refractivity (Wildman–Crippen MR) is 93.4 cm³/mol. The summed E-state index contributed by atoms with van der Waals surface area (Å²) in [5.41, 5.74) is 0.472. The molecule has 0 aliphatic carbocycles. The summed E-state index contributed by atoms with van der Waals surface area (Å²) in [4.78, 5) is 12.1. The molecule has 0 heterocycles. The third-order valence-electron chi connectivity index (χ3n) is 3.42. The molecular formula is C20H24O4. The van der Waals surface area contributed by atoms with Crippen molar-refractivity contribution in [1.82, 2.24) is 0 Å². The second-order valence-electron chi connectivity index (χ2n) is 5.48. The van der Waals surface area contributed by atoms with Gasteiger partial charge in [0.1, 0.15) is 11.5 Å². The molecular weight excluding hydrogens is 304 g/mol. The van der Waals surface area contributed by atoms with Gasteiger partial charge in [0.15, 0.2) is 0 Å². The van der Waals surface area contributed by atoms with Crippen molar-refractivity contribution in [2.45, 2.75) is 39.4 Å². The Balaban J connectivity index is 1.81. The molecule has 0 aromatic heterocycles. The number of hydrogen-bond acceptors (Lipinski definition) is 4. The molecule has 0 N–H and O–H groups in total. The lowest BCUT2D eigenvalue weighted by atomic mass is 10.2. The summed E-state index contributed by atoms with van der Waals surface area (Å²) in [6.07, 6.45) is 2.69. The van der Waals surface area contributed by atoms with Gasteiger partial charge in [0, 0.05) is 6.92 Å². The average molecular weight is 328 g/mol. The van der Waals surface area contributed by atoms with Crippen molar-refractivity contribution in [3.63, 3.8) is 0 Å². The number of carbonyl (C=O) groups excluding carboxylic acids is 1. The van der Waals surface area contributed by atoms with Crippen LogP contribution in [0.5, 0.6) is 11.5 Å². The van der Waals surface area contributed by atoms with Gasteiger partial charge in [0.05, 0.1) is 12.2 Å². The van der Waals surface area contributed by atoms with E-state index in [0.717, 1.165) is 25.0 Å². The van der Waals surface area contributed by atoms with E-state index < -0.39 is 12.3 Å². The molecule has 1 atom stereocenters. The minimum Gasteiger partial charge on any atom is -0.494 e. The molecule has 0 aliphatic rings. The highest BCUT2D eigenvalue weighted by Gasteiger charge is 2.13. The van der Waals surface area contributed by atoms with Gasteiger partial charge in [0.25, 0.3) is 0 Å². The van der Waals surface area contributed by atoms with Gasteiger partial charge >= 0.3 is 5.97 Å². The third kappa shape index (κ3) is 5.95. The maximum Gasteiger partial charge on any atom is 0.341 e. The van der Waals surface area contributed by atoms with E-state index >= 15 is 0 Å². The number of ether oxygens (including phenoxy) is 3. The molecule has 128 valence electrons. The van der Waals surface area contributed by atoms with E-state index in [0.29, 0.717) is 17.9 Å². The average Bonchev–Trinajstić information content (AvgIpc) is 2.60. The zero-order chi connectivity index (χ0) is 17.2. The predicted octanol–water partition coefficient (Wildman–Crippen LogP) is 4.84. The molecule has 4 nitrogen and oxygen atoms in total. The lowest BCUT2D eigenvalue weighted by Gasteiger charge is -2.15. The molecule has 0 aliphatic heterocycles. The fourth-order valence-corrected chi connectivity index (χ4v) is 2.16. The second kappa shape index (κ2) is 9.60. The van der Waals surface area contributed by atoms with E-state index in [9.17, 15) is 4.79 Å². The normalized spacial score (nSPS) is 11.6. The summed E-state index contributed by atoms with van der Waals surface area (Å²) >= 11 is 0. The Morgan fingerprint density at radius 3 is 2.33 bits per heavy atom. The molecule has 0 bridgehead atoms. The molecule has 2 rings (SSSR count). The minimum absolute atomic E-state index is 0.420. The van der Waals surface area contributed by atoms with Crippen LogP contribution < -0.4 is 9.47 Å². The molecule has 2 aromatic rings. The SMILES string of the molecule is CCCCCOc1ccc(C(=O)OC(C)Oc2ccccc2)cc1. The molecule has 1 unspecified atom stereocenters. The third-order valence-corrected chi connectivity index (χ3v) is 3.42. The molecule has 0 saturated heterocycles. The summed E-state index contributed by atoms with van der Waals surface area (Å²) in [5.74, 6) is 1.00. The smallest absolute Gasteiger partial charge is 0.341 e. The van der Waals surface area contributed by atoms with Gasteiger partial charge < -0.3 is 14.2 Å². The number of rotatable bonds is 9. The quantitative estimate of drug-likeness (QED) is 0.375. The van der Waals surface area contributed by atoms with Crippen molar-refractivity contribution in [2.24, 2.45) is 0 Å². The monoisotopic (exact) mass is 328 g/mol. The molecule has 0 amide bonds. The Labute approximate surface area is 143 Å². The first-order valence-electron chi connectivity index (χ1n) is 8.34. The van der Waals surface area contributed by atoms with Gasteiger partial charge in [0.2, 0.25) is 6.29 Å². The lowest BCUT2D eigenvalue weighted by Crippen LogP contribution is -2.20. The number of benzene rings is 2. The van der Waals surface area contributed by atoms with E-state index in [1.54, 1.807) is 31.2 Å². The number of hydrogen-bond donors (Lipinski definition) is 0. The lowest BCUT2D eigenvalue weighted by molar-refractivity contribution is -0.0371. The Hall–Kier alpha value is -2.49. The zero-order valence-corrected chi connectivity index (χ0v) is 14.2. The highest BCUT2D eigenvalue weighted by Crippen LogP contribution is 2.16. The molecule has 4 heteroatoms. The van der Waals surface area contributed by atoms with Crippen LogP contribution in [-0.4, -0.2) is 18.9 Å². The van der Waals surface area contributed by atoms with Crippen molar-refractivity contribution in [3.05, 3.63) is 60.2 Å². The molecule has 0 saturated carbocycles. The van der Waals surface area contributed by atoms with Crippen LogP contribution in [0, 0.1) is 0 Å². The number of esters is 1. The van der Waals surface area contributed by atoms with Gasteiger partial charge in [-0.05, 0) is 42.8 Å². The Kier molecular flexibility index (Phi) is 7.15. The highest BCUT2D eigenvalue weighted by atomic mass is 16.7. The van der Waals surface area contributed by atoms with E-state index in [4.69, 9.17) is 14.2 Å². The molecule has 0 fully saturated rings. The molecule has 2 aromatic carbocycles. The Bertz CT molecular complexity index is 607. The summed E-state index contributed by atoms with van der Waals surface area (Å²) in [6.45, 7) is 4.54. The number of carbonyl (C=O) groups is 1. The Morgan fingerprint density at radius 2 is 1.67 bits per heavy atom. The van der Waals surface area contributed by atoms with E-state index in [1.165, 1.54) is 0 Å². The molecule has 24 heavy (non-hydrogen) atoms. The van der Waals surface area contributed by atoms with Crippen LogP contribution in [0.25, 0.3) is 0 Å². The van der Waals surface area contributed by atoms with Gasteiger partial charge in [-0.2, -0.15) is 0 Å². The van der Waals surface area contributed by atoms with Crippen LogP contribution in [0.15, 0.2) is 54.6 Å². The van der Waals surface area contributed by atoms with Crippen molar-refractivity contribution in [3.8, 4) is 11.5 Å².